The number of esters is 2. The molecule has 4 atom stereocenters. The lowest BCUT2D eigenvalue weighted by atomic mass is 9.97. The van der Waals surface area contributed by atoms with Crippen LogP contribution in [0.5, 0.6) is 0 Å². The van der Waals surface area contributed by atoms with Gasteiger partial charge in [-0.05, 0) is 87.5 Å². The largest absolute Gasteiger partial charge is 0.462 e. The van der Waals surface area contributed by atoms with Gasteiger partial charge in [0.15, 0.2) is 0 Å². The van der Waals surface area contributed by atoms with Crippen LogP contribution in [0.2, 0.25) is 0 Å². The summed E-state index contributed by atoms with van der Waals surface area (Å²) in [6.45, 7) is 14.2. The molecular formula is C35H53N3O6S. The first-order chi connectivity index (χ1) is 21.1. The van der Waals surface area contributed by atoms with Gasteiger partial charge >= 0.3 is 18.0 Å². The fraction of sp³-hybridized carbons (Fsp3) is 0.600. The molecule has 1 amide bonds. The average Bonchev–Trinajstić information content (AvgIpc) is 3.34. The third-order valence-electron chi connectivity index (χ3n) is 6.85. The highest BCUT2D eigenvalue weighted by Crippen LogP contribution is 2.26. The van der Waals surface area contributed by atoms with Gasteiger partial charge in [-0.25, -0.2) is 14.6 Å². The number of aromatic nitrogens is 1. The fourth-order valence-corrected chi connectivity index (χ4v) is 5.79. The van der Waals surface area contributed by atoms with Crippen LogP contribution in [-0.4, -0.2) is 72.4 Å². The predicted octanol–water partition coefficient (Wildman–Crippen LogP) is 7.06. The van der Waals surface area contributed by atoms with Crippen molar-refractivity contribution in [3.63, 3.8) is 0 Å². The van der Waals surface area contributed by atoms with E-state index < -0.39 is 35.8 Å². The number of rotatable bonds is 7. The zero-order chi connectivity index (χ0) is 33.6. The number of hydrogen-bond acceptors (Lipinski definition) is 9. The van der Waals surface area contributed by atoms with E-state index in [2.05, 4.69) is 36.5 Å². The first-order valence-corrected chi connectivity index (χ1v) is 16.6. The van der Waals surface area contributed by atoms with Crippen LogP contribution in [0.3, 0.4) is 0 Å². The van der Waals surface area contributed by atoms with Crippen LogP contribution in [0.25, 0.3) is 0 Å². The Hall–Kier alpha value is -3.24. The van der Waals surface area contributed by atoms with E-state index in [1.165, 1.54) is 17.4 Å². The van der Waals surface area contributed by atoms with Crippen LogP contribution in [0.1, 0.15) is 97.2 Å². The Bertz CT molecular complexity index is 1240. The highest BCUT2D eigenvalue weighted by molar-refractivity contribution is 7.09. The first-order valence-electron chi connectivity index (χ1n) is 15.8. The number of nitrogens with zero attached hydrogens (tertiary/aromatic N) is 2. The van der Waals surface area contributed by atoms with Gasteiger partial charge in [-0.3, -0.25) is 4.79 Å². The van der Waals surface area contributed by atoms with E-state index in [4.69, 9.17) is 19.2 Å². The van der Waals surface area contributed by atoms with Crippen molar-refractivity contribution in [3.05, 3.63) is 63.7 Å². The number of ether oxygens (including phenoxy) is 3. The number of fused-ring (bicyclic) bond motifs is 2. The summed E-state index contributed by atoms with van der Waals surface area (Å²) in [5.41, 5.74) is 2.12. The van der Waals surface area contributed by atoms with Crippen LogP contribution in [0.4, 0.5) is 4.79 Å². The zero-order valence-corrected chi connectivity index (χ0v) is 29.4. The van der Waals surface area contributed by atoms with E-state index >= 15 is 0 Å². The summed E-state index contributed by atoms with van der Waals surface area (Å²) in [5.74, 6) is -0.920. The molecule has 0 saturated heterocycles. The van der Waals surface area contributed by atoms with E-state index in [9.17, 15) is 14.4 Å². The van der Waals surface area contributed by atoms with Gasteiger partial charge in [-0.2, -0.15) is 0 Å². The van der Waals surface area contributed by atoms with Gasteiger partial charge < -0.3 is 24.4 Å². The van der Waals surface area contributed by atoms with Gasteiger partial charge in [-0.1, -0.05) is 42.4 Å². The topological polar surface area (TPSA) is 107 Å². The molecule has 9 nitrogen and oxygen atoms in total. The predicted molar refractivity (Wildman–Crippen MR) is 180 cm³/mol. The number of cyclic esters (lactones) is 2. The zero-order valence-electron chi connectivity index (χ0n) is 28.6. The molecule has 250 valence electrons. The second-order valence-corrected chi connectivity index (χ2v) is 14.1. The van der Waals surface area contributed by atoms with E-state index in [0.29, 0.717) is 19.3 Å². The summed E-state index contributed by atoms with van der Waals surface area (Å²) in [6, 6.07) is -0.509. The van der Waals surface area contributed by atoms with Crippen LogP contribution >= 0.6 is 11.3 Å². The van der Waals surface area contributed by atoms with Crippen molar-refractivity contribution in [2.24, 2.45) is 0 Å². The fourth-order valence-electron chi connectivity index (χ4n) is 4.83. The van der Waals surface area contributed by atoms with Gasteiger partial charge in [0.05, 0.1) is 17.1 Å². The maximum Gasteiger partial charge on any atom is 0.407 e. The van der Waals surface area contributed by atoms with E-state index in [0.717, 1.165) is 41.2 Å². The maximum atomic E-state index is 12.9. The highest BCUT2D eigenvalue weighted by Gasteiger charge is 2.26. The molecular weight excluding hydrogens is 590 g/mol. The number of nitrogens with one attached hydrogen (secondary N) is 1. The molecule has 1 N–H and O–H groups in total. The lowest BCUT2D eigenvalue weighted by Gasteiger charge is -2.25. The lowest BCUT2D eigenvalue weighted by molar-refractivity contribution is -0.148. The summed E-state index contributed by atoms with van der Waals surface area (Å²) in [5, 5.41) is 5.68. The standard InChI is InChI=1S/C35H53N3O6S/c1-24-15-13-16-32(39)43-29(19-25(2)14-11-10-12-17-38(8)9)22-31-37-30(23-45-31)26(3)20-28(21-33(40)42-27(4)18-24)36-34(41)44-35(5,6)7/h11,13-16,19,23,26-29H,10,12,17-18,20-22H2,1-9H3,(H,36,41)/b14-11+,16-13-,24-15+,25-19-/t26-,27-,28+,29+/m0/s1. The Labute approximate surface area is 273 Å². The first kappa shape index (κ1) is 37.9. The third-order valence-corrected chi connectivity index (χ3v) is 7.74. The summed E-state index contributed by atoms with van der Waals surface area (Å²) in [6.07, 6.45) is 13.0. The quantitative estimate of drug-likeness (QED) is 0.146. The minimum atomic E-state index is -0.671. The van der Waals surface area contributed by atoms with Gasteiger partial charge in [0.2, 0.25) is 0 Å². The molecule has 0 aliphatic carbocycles. The molecule has 45 heavy (non-hydrogen) atoms. The van der Waals surface area contributed by atoms with Crippen LogP contribution in [0.15, 0.2) is 53.0 Å². The number of carbonyl (C=O) groups excluding carboxylic acids is 3. The lowest BCUT2D eigenvalue weighted by Crippen LogP contribution is -2.41. The highest BCUT2D eigenvalue weighted by atomic mass is 32.1. The minimum Gasteiger partial charge on any atom is -0.462 e. The number of carbonyl (C=O) groups is 3. The summed E-state index contributed by atoms with van der Waals surface area (Å²) in [4.78, 5) is 45.4. The molecule has 1 aliphatic heterocycles. The summed E-state index contributed by atoms with van der Waals surface area (Å²) < 4.78 is 17.0. The number of thiazole rings is 1. The molecule has 2 rings (SSSR count). The average molecular weight is 644 g/mol. The summed E-state index contributed by atoms with van der Waals surface area (Å²) in [7, 11) is 4.13. The third kappa shape index (κ3) is 16.6. The molecule has 0 unspecified atom stereocenters. The Morgan fingerprint density at radius 1 is 1.18 bits per heavy atom. The number of amides is 1. The SMILES string of the molecule is CC(=C/[C@@H]1Cc2nc(cs2)[C@@H](C)C[C@@H](NC(=O)OC(C)(C)C)CC(=O)O[C@@H](C)C/C(C)=C/C=C\C(=O)O1)/C=C/CCCN(C)C. The Kier molecular flexibility index (Phi) is 15.7. The second-order valence-electron chi connectivity index (χ2n) is 13.2. The van der Waals surface area contributed by atoms with E-state index in [1.54, 1.807) is 26.8 Å². The van der Waals surface area contributed by atoms with Crippen LogP contribution < -0.4 is 5.32 Å². The maximum absolute atomic E-state index is 12.9. The molecule has 1 aromatic heterocycles. The molecule has 1 aliphatic rings. The van der Waals surface area contributed by atoms with Crippen molar-refractivity contribution in [1.82, 2.24) is 15.2 Å². The van der Waals surface area contributed by atoms with Crippen molar-refractivity contribution >= 4 is 29.4 Å². The molecule has 2 bridgehead atoms. The van der Waals surface area contributed by atoms with Crippen molar-refractivity contribution in [2.45, 2.75) is 117 Å². The van der Waals surface area contributed by atoms with E-state index in [-0.39, 0.29) is 18.4 Å². The normalized spacial score (nSPS) is 24.9. The van der Waals surface area contributed by atoms with Crippen LogP contribution in [0, 0.1) is 0 Å². The van der Waals surface area contributed by atoms with Crippen molar-refractivity contribution in [1.29, 1.82) is 0 Å². The molecule has 2 heterocycles. The van der Waals surface area contributed by atoms with Crippen molar-refractivity contribution < 1.29 is 28.6 Å². The molecule has 0 fully saturated rings. The molecule has 0 radical (unpaired) electrons. The number of alkyl carbamates (subject to hydrolysis) is 1. The van der Waals surface area contributed by atoms with Crippen molar-refractivity contribution in [3.8, 4) is 0 Å². The van der Waals surface area contributed by atoms with Gasteiger partial charge in [-0.15, -0.1) is 11.3 Å². The smallest absolute Gasteiger partial charge is 0.407 e. The summed E-state index contributed by atoms with van der Waals surface area (Å²) >= 11 is 1.50. The Morgan fingerprint density at radius 3 is 2.60 bits per heavy atom. The van der Waals surface area contributed by atoms with E-state index in [1.807, 2.05) is 45.2 Å². The molecule has 0 spiro atoms. The molecule has 0 aromatic carbocycles. The number of allylic oxidation sites excluding steroid dienone is 5. The van der Waals surface area contributed by atoms with Gasteiger partial charge in [0.25, 0.3) is 0 Å². The van der Waals surface area contributed by atoms with Gasteiger partial charge in [0.1, 0.15) is 17.8 Å². The monoisotopic (exact) mass is 643 g/mol. The Morgan fingerprint density at radius 2 is 1.91 bits per heavy atom. The number of hydrogen-bond donors (Lipinski definition) is 1. The van der Waals surface area contributed by atoms with Crippen LogP contribution in [-0.2, 0) is 30.2 Å². The number of unbranched alkanes of at least 4 members (excludes halogenated alkanes) is 1. The van der Waals surface area contributed by atoms with Gasteiger partial charge in [0, 0.05) is 36.3 Å². The second kappa shape index (κ2) is 18.7. The molecule has 10 heteroatoms. The molecule has 0 saturated carbocycles. The minimum absolute atomic E-state index is 0.00469. The molecule has 1 aromatic rings. The Balaban J connectivity index is 2.33. The van der Waals surface area contributed by atoms with Crippen molar-refractivity contribution in [2.75, 3.05) is 20.6 Å².